The highest BCUT2D eigenvalue weighted by Gasteiger charge is 2.28. The van der Waals surface area contributed by atoms with E-state index in [0.717, 1.165) is 13.1 Å². The predicted molar refractivity (Wildman–Crippen MR) is 67.1 cm³/mol. The highest BCUT2D eigenvalue weighted by molar-refractivity contribution is 5.21. The number of benzene rings is 1. The van der Waals surface area contributed by atoms with Gasteiger partial charge in [-0.15, -0.1) is 6.42 Å². The van der Waals surface area contributed by atoms with Crippen LogP contribution in [0.15, 0.2) is 30.3 Å². The molecule has 0 N–H and O–H groups in total. The Morgan fingerprint density at radius 1 is 1.12 bits per heavy atom. The van der Waals surface area contributed by atoms with Crippen molar-refractivity contribution in [3.63, 3.8) is 0 Å². The maximum Gasteiger partial charge on any atom is 0.125 e. The van der Waals surface area contributed by atoms with E-state index in [1.165, 1.54) is 5.56 Å². The Kier molecular flexibility index (Phi) is 3.28. The Morgan fingerprint density at radius 3 is 2.19 bits per heavy atom. The molecule has 1 fully saturated rings. The summed E-state index contributed by atoms with van der Waals surface area (Å²) in [5.41, 5.74) is 1.40. The molecule has 0 bridgehead atoms. The first kappa shape index (κ1) is 11.2. The SMILES string of the molecule is C#CC1N(C)CC(c2ccccc2)CN1C. The fraction of sp³-hybridized carbons (Fsp3) is 0.429. The largest absolute Gasteiger partial charge is 0.280 e. The number of hydrogen-bond acceptors (Lipinski definition) is 2. The Balaban J connectivity index is 2.14. The molecule has 0 aliphatic carbocycles. The van der Waals surface area contributed by atoms with Crippen LogP contribution in [0.2, 0.25) is 0 Å². The smallest absolute Gasteiger partial charge is 0.125 e. The summed E-state index contributed by atoms with van der Waals surface area (Å²) in [6.07, 6.45) is 5.67. The quantitative estimate of drug-likeness (QED) is 0.655. The first-order valence-corrected chi connectivity index (χ1v) is 5.64. The van der Waals surface area contributed by atoms with Crippen LogP contribution >= 0.6 is 0 Å². The molecule has 2 rings (SSSR count). The maximum atomic E-state index is 5.53. The molecule has 0 atom stereocenters. The van der Waals surface area contributed by atoms with Gasteiger partial charge in [0.05, 0.1) is 0 Å². The molecule has 0 saturated carbocycles. The third-order valence-corrected chi connectivity index (χ3v) is 3.27. The molecule has 1 aromatic carbocycles. The molecule has 1 heterocycles. The van der Waals surface area contributed by atoms with Gasteiger partial charge in [0, 0.05) is 19.0 Å². The zero-order valence-corrected chi connectivity index (χ0v) is 9.93. The maximum absolute atomic E-state index is 5.53. The van der Waals surface area contributed by atoms with Crippen LogP contribution in [0.3, 0.4) is 0 Å². The highest BCUT2D eigenvalue weighted by Crippen LogP contribution is 2.23. The summed E-state index contributed by atoms with van der Waals surface area (Å²) in [7, 11) is 4.19. The lowest BCUT2D eigenvalue weighted by molar-refractivity contribution is 0.0682. The lowest BCUT2D eigenvalue weighted by Gasteiger charge is -2.41. The van der Waals surface area contributed by atoms with Gasteiger partial charge in [0.1, 0.15) is 6.17 Å². The minimum atomic E-state index is 0.139. The van der Waals surface area contributed by atoms with Gasteiger partial charge in [-0.2, -0.15) is 0 Å². The van der Waals surface area contributed by atoms with Crippen molar-refractivity contribution in [2.45, 2.75) is 12.1 Å². The molecular weight excluding hydrogens is 196 g/mol. The van der Waals surface area contributed by atoms with Crippen molar-refractivity contribution >= 4 is 0 Å². The van der Waals surface area contributed by atoms with Crippen LogP contribution in [0.1, 0.15) is 11.5 Å². The summed E-state index contributed by atoms with van der Waals surface area (Å²) in [5, 5.41) is 0. The molecule has 0 aromatic heterocycles. The third-order valence-electron chi connectivity index (χ3n) is 3.27. The van der Waals surface area contributed by atoms with E-state index in [1.807, 2.05) is 0 Å². The minimum absolute atomic E-state index is 0.139. The molecule has 0 radical (unpaired) electrons. The molecule has 0 unspecified atom stereocenters. The molecule has 1 aromatic rings. The fourth-order valence-electron chi connectivity index (χ4n) is 2.48. The van der Waals surface area contributed by atoms with Crippen LogP contribution in [0.5, 0.6) is 0 Å². The van der Waals surface area contributed by atoms with Crippen LogP contribution in [0.4, 0.5) is 0 Å². The van der Waals surface area contributed by atoms with Gasteiger partial charge in [0.25, 0.3) is 0 Å². The van der Waals surface area contributed by atoms with Crippen LogP contribution in [-0.4, -0.2) is 43.2 Å². The standard InChI is InChI=1S/C14H18N2/c1-4-14-15(2)10-13(11-16(14)3)12-8-6-5-7-9-12/h1,5-9,13-14H,10-11H2,2-3H3. The van der Waals surface area contributed by atoms with E-state index in [2.05, 4.69) is 60.1 Å². The molecule has 1 aliphatic heterocycles. The van der Waals surface area contributed by atoms with Crippen molar-refractivity contribution in [1.29, 1.82) is 0 Å². The van der Waals surface area contributed by atoms with E-state index in [4.69, 9.17) is 6.42 Å². The Bertz CT molecular complexity index is 367. The Morgan fingerprint density at radius 2 is 1.69 bits per heavy atom. The van der Waals surface area contributed by atoms with Crippen molar-refractivity contribution < 1.29 is 0 Å². The minimum Gasteiger partial charge on any atom is -0.280 e. The molecular formula is C14H18N2. The van der Waals surface area contributed by atoms with E-state index in [9.17, 15) is 0 Å². The van der Waals surface area contributed by atoms with E-state index < -0.39 is 0 Å². The molecule has 0 spiro atoms. The summed E-state index contributed by atoms with van der Waals surface area (Å²) < 4.78 is 0. The zero-order valence-electron chi connectivity index (χ0n) is 9.93. The van der Waals surface area contributed by atoms with Gasteiger partial charge in [-0.3, -0.25) is 9.80 Å². The number of nitrogens with zero attached hydrogens (tertiary/aromatic N) is 2. The van der Waals surface area contributed by atoms with Crippen molar-refractivity contribution in [2.75, 3.05) is 27.2 Å². The first-order chi connectivity index (χ1) is 7.72. The Labute approximate surface area is 97.9 Å². The molecule has 2 heteroatoms. The third kappa shape index (κ3) is 2.11. The monoisotopic (exact) mass is 214 g/mol. The summed E-state index contributed by atoms with van der Waals surface area (Å²) in [5.74, 6) is 3.38. The summed E-state index contributed by atoms with van der Waals surface area (Å²) in [4.78, 5) is 4.47. The average molecular weight is 214 g/mol. The van der Waals surface area contributed by atoms with Gasteiger partial charge in [-0.25, -0.2) is 0 Å². The molecule has 84 valence electrons. The molecule has 1 aliphatic rings. The lowest BCUT2D eigenvalue weighted by atomic mass is 9.95. The van der Waals surface area contributed by atoms with Crippen LogP contribution < -0.4 is 0 Å². The predicted octanol–water partition coefficient (Wildman–Crippen LogP) is 1.61. The lowest BCUT2D eigenvalue weighted by Crippen LogP contribution is -2.52. The van der Waals surface area contributed by atoms with Gasteiger partial charge in [-0.05, 0) is 19.7 Å². The molecule has 0 amide bonds. The van der Waals surface area contributed by atoms with Crippen LogP contribution in [-0.2, 0) is 0 Å². The molecule has 16 heavy (non-hydrogen) atoms. The van der Waals surface area contributed by atoms with Crippen molar-refractivity contribution in [3.05, 3.63) is 35.9 Å². The van der Waals surface area contributed by atoms with Gasteiger partial charge in [0.2, 0.25) is 0 Å². The molecule has 1 saturated heterocycles. The number of likely N-dealkylation sites (N-methyl/N-ethyl adjacent to an activating group) is 2. The Hall–Kier alpha value is -1.30. The normalized spacial score (nSPS) is 27.6. The van der Waals surface area contributed by atoms with Gasteiger partial charge in [-0.1, -0.05) is 36.3 Å². The first-order valence-electron chi connectivity index (χ1n) is 5.64. The second kappa shape index (κ2) is 4.69. The van der Waals surface area contributed by atoms with E-state index in [1.54, 1.807) is 0 Å². The number of hydrogen-bond donors (Lipinski definition) is 0. The summed E-state index contributed by atoms with van der Waals surface area (Å²) in [6, 6.07) is 10.7. The van der Waals surface area contributed by atoms with E-state index >= 15 is 0 Å². The van der Waals surface area contributed by atoms with Crippen molar-refractivity contribution in [3.8, 4) is 12.3 Å². The summed E-state index contributed by atoms with van der Waals surface area (Å²) in [6.45, 7) is 2.06. The van der Waals surface area contributed by atoms with E-state index in [0.29, 0.717) is 5.92 Å². The number of rotatable bonds is 1. The van der Waals surface area contributed by atoms with Gasteiger partial charge < -0.3 is 0 Å². The second-order valence-corrected chi connectivity index (χ2v) is 4.53. The average Bonchev–Trinajstić information content (AvgIpc) is 2.30. The van der Waals surface area contributed by atoms with Crippen LogP contribution in [0, 0.1) is 12.3 Å². The topological polar surface area (TPSA) is 6.48 Å². The highest BCUT2D eigenvalue weighted by atomic mass is 15.3. The zero-order chi connectivity index (χ0) is 11.5. The van der Waals surface area contributed by atoms with Gasteiger partial charge in [0.15, 0.2) is 0 Å². The molecule has 2 nitrogen and oxygen atoms in total. The van der Waals surface area contributed by atoms with Crippen molar-refractivity contribution in [2.24, 2.45) is 0 Å². The number of terminal acetylenes is 1. The second-order valence-electron chi connectivity index (χ2n) is 4.53. The van der Waals surface area contributed by atoms with Gasteiger partial charge >= 0.3 is 0 Å². The summed E-state index contributed by atoms with van der Waals surface area (Å²) >= 11 is 0. The fourth-order valence-corrected chi connectivity index (χ4v) is 2.48. The van der Waals surface area contributed by atoms with Crippen LogP contribution in [0.25, 0.3) is 0 Å². The van der Waals surface area contributed by atoms with E-state index in [-0.39, 0.29) is 6.17 Å². The van der Waals surface area contributed by atoms with Crippen molar-refractivity contribution in [1.82, 2.24) is 9.80 Å².